The zero-order chi connectivity index (χ0) is 16.1. The Labute approximate surface area is 135 Å². The van der Waals surface area contributed by atoms with Crippen molar-refractivity contribution in [3.8, 4) is 0 Å². The first kappa shape index (κ1) is 14.7. The van der Waals surface area contributed by atoms with E-state index in [1.54, 1.807) is 5.01 Å². The topological polar surface area (TPSA) is 56.4 Å². The maximum Gasteiger partial charge on any atom is 0.212 e. The van der Waals surface area contributed by atoms with E-state index in [2.05, 4.69) is 0 Å². The molecule has 23 heavy (non-hydrogen) atoms. The molecule has 114 valence electrons. The van der Waals surface area contributed by atoms with Crippen molar-refractivity contribution in [2.75, 3.05) is 10.0 Å². The van der Waals surface area contributed by atoms with Gasteiger partial charge in [0, 0.05) is 0 Å². The first-order chi connectivity index (χ1) is 11.3. The van der Waals surface area contributed by atoms with Gasteiger partial charge in [0.1, 0.15) is 0 Å². The quantitative estimate of drug-likeness (QED) is 0.432. The van der Waals surface area contributed by atoms with Crippen LogP contribution in [0.2, 0.25) is 0 Å². The number of rotatable bonds is 4. The lowest BCUT2D eigenvalue weighted by Gasteiger charge is -2.36. The van der Waals surface area contributed by atoms with Gasteiger partial charge in [0.2, 0.25) is 5.96 Å². The number of hydrazine groups is 1. The van der Waals surface area contributed by atoms with Crippen molar-refractivity contribution in [3.05, 3.63) is 91.0 Å². The summed E-state index contributed by atoms with van der Waals surface area (Å²) in [6.07, 6.45) is 0. The van der Waals surface area contributed by atoms with Gasteiger partial charge >= 0.3 is 0 Å². The minimum absolute atomic E-state index is 0.0519. The van der Waals surface area contributed by atoms with E-state index in [9.17, 15) is 0 Å². The van der Waals surface area contributed by atoms with E-state index in [0.29, 0.717) is 0 Å². The highest BCUT2D eigenvalue weighted by atomic mass is 15.7. The molecule has 0 bridgehead atoms. The Hall–Kier alpha value is -3.27. The molecule has 0 aliphatic rings. The van der Waals surface area contributed by atoms with Gasteiger partial charge in [-0.05, 0) is 36.4 Å². The van der Waals surface area contributed by atoms with Crippen LogP contribution in [0.1, 0.15) is 0 Å². The zero-order valence-corrected chi connectivity index (χ0v) is 12.6. The van der Waals surface area contributed by atoms with Gasteiger partial charge in [0.05, 0.1) is 17.1 Å². The Morgan fingerprint density at radius 3 is 1.30 bits per heavy atom. The third-order valence-corrected chi connectivity index (χ3v) is 3.43. The van der Waals surface area contributed by atoms with Gasteiger partial charge in [0.15, 0.2) is 0 Å². The van der Waals surface area contributed by atoms with E-state index < -0.39 is 0 Å². The van der Waals surface area contributed by atoms with Gasteiger partial charge in [-0.25, -0.2) is 10.0 Å². The second-order valence-electron chi connectivity index (χ2n) is 5.02. The monoisotopic (exact) mass is 302 g/mol. The fraction of sp³-hybridized carbons (Fsp3) is 0. The van der Waals surface area contributed by atoms with Crippen molar-refractivity contribution in [2.45, 2.75) is 0 Å². The summed E-state index contributed by atoms with van der Waals surface area (Å²) in [5.74, 6) is -0.0519. The molecule has 0 radical (unpaired) electrons. The standard InChI is InChI=1S/C19H18N4/c20-19(21)23(18-14-8-3-9-15-18)22(16-10-4-1-5-11-16)17-12-6-2-7-13-17/h1-15H,(H3,20,21). The summed E-state index contributed by atoms with van der Waals surface area (Å²) in [6.45, 7) is 0. The number of guanidine groups is 1. The van der Waals surface area contributed by atoms with E-state index in [-0.39, 0.29) is 5.96 Å². The van der Waals surface area contributed by atoms with Gasteiger partial charge in [-0.2, -0.15) is 0 Å². The lowest BCUT2D eigenvalue weighted by atomic mass is 10.2. The Balaban J connectivity index is 2.15. The number of nitrogens with zero attached hydrogens (tertiary/aromatic N) is 2. The van der Waals surface area contributed by atoms with Gasteiger partial charge in [-0.1, -0.05) is 54.6 Å². The maximum absolute atomic E-state index is 8.08. The van der Waals surface area contributed by atoms with Gasteiger partial charge in [-0.15, -0.1) is 0 Å². The van der Waals surface area contributed by atoms with Crippen molar-refractivity contribution in [2.24, 2.45) is 5.73 Å². The normalized spacial score (nSPS) is 10.1. The number of benzene rings is 3. The summed E-state index contributed by atoms with van der Waals surface area (Å²) in [4.78, 5) is 0. The van der Waals surface area contributed by atoms with Crippen LogP contribution in [0.5, 0.6) is 0 Å². The Bertz CT molecular complexity index is 718. The fourth-order valence-electron chi connectivity index (χ4n) is 2.45. The second-order valence-corrected chi connectivity index (χ2v) is 5.02. The molecule has 3 rings (SSSR count). The highest BCUT2D eigenvalue weighted by Crippen LogP contribution is 2.30. The summed E-state index contributed by atoms with van der Waals surface area (Å²) in [5, 5.41) is 11.7. The fourth-order valence-corrected chi connectivity index (χ4v) is 2.45. The molecule has 0 atom stereocenters. The SMILES string of the molecule is N=C(N)N(c1ccccc1)N(c1ccccc1)c1ccccc1. The molecule has 0 amide bonds. The molecule has 0 spiro atoms. The number of nitrogens with two attached hydrogens (primary N) is 1. The lowest BCUT2D eigenvalue weighted by molar-refractivity contribution is 0.999. The van der Waals surface area contributed by atoms with Crippen molar-refractivity contribution in [3.63, 3.8) is 0 Å². The molecule has 3 N–H and O–H groups in total. The van der Waals surface area contributed by atoms with Crippen LogP contribution in [0, 0.1) is 5.41 Å². The lowest BCUT2D eigenvalue weighted by Crippen LogP contribution is -2.47. The smallest absolute Gasteiger partial charge is 0.212 e. The minimum Gasteiger partial charge on any atom is -0.368 e. The molecule has 3 aromatic rings. The molecule has 4 heteroatoms. The molecule has 3 aromatic carbocycles. The largest absolute Gasteiger partial charge is 0.368 e. The molecular formula is C19H18N4. The number of hydrogen-bond acceptors (Lipinski definition) is 2. The second kappa shape index (κ2) is 6.66. The average molecular weight is 302 g/mol. The van der Waals surface area contributed by atoms with Crippen LogP contribution in [0.4, 0.5) is 17.1 Å². The summed E-state index contributed by atoms with van der Waals surface area (Å²) in [5.41, 5.74) is 8.60. The summed E-state index contributed by atoms with van der Waals surface area (Å²) in [6, 6.07) is 29.4. The van der Waals surface area contributed by atoms with Crippen LogP contribution in [-0.4, -0.2) is 5.96 Å². The minimum atomic E-state index is -0.0519. The van der Waals surface area contributed by atoms with Crippen molar-refractivity contribution < 1.29 is 0 Å². The Morgan fingerprint density at radius 1 is 0.609 bits per heavy atom. The van der Waals surface area contributed by atoms with E-state index >= 15 is 0 Å². The molecule has 0 aliphatic carbocycles. The van der Waals surface area contributed by atoms with Gasteiger partial charge in [0.25, 0.3) is 0 Å². The van der Waals surface area contributed by atoms with Gasteiger partial charge in [-0.3, -0.25) is 5.41 Å². The number of para-hydroxylation sites is 3. The van der Waals surface area contributed by atoms with Gasteiger partial charge < -0.3 is 5.73 Å². The van der Waals surface area contributed by atoms with E-state index in [4.69, 9.17) is 11.1 Å². The summed E-state index contributed by atoms with van der Waals surface area (Å²) >= 11 is 0. The van der Waals surface area contributed by atoms with Crippen LogP contribution in [0.3, 0.4) is 0 Å². The third-order valence-electron chi connectivity index (χ3n) is 3.43. The zero-order valence-electron chi connectivity index (χ0n) is 12.6. The Morgan fingerprint density at radius 2 is 0.957 bits per heavy atom. The number of anilines is 3. The van der Waals surface area contributed by atoms with Crippen LogP contribution in [0.15, 0.2) is 91.0 Å². The van der Waals surface area contributed by atoms with Crippen LogP contribution < -0.4 is 15.8 Å². The average Bonchev–Trinajstić information content (AvgIpc) is 2.61. The molecule has 4 nitrogen and oxygen atoms in total. The van der Waals surface area contributed by atoms with Crippen molar-refractivity contribution in [1.82, 2.24) is 0 Å². The summed E-state index contributed by atoms with van der Waals surface area (Å²) < 4.78 is 0. The molecule has 0 unspecified atom stereocenters. The molecule has 0 saturated heterocycles. The first-order valence-electron chi connectivity index (χ1n) is 7.37. The molecule has 0 aromatic heterocycles. The van der Waals surface area contributed by atoms with E-state index in [0.717, 1.165) is 17.1 Å². The predicted molar refractivity (Wildman–Crippen MR) is 95.9 cm³/mol. The molecule has 0 aliphatic heterocycles. The highest BCUT2D eigenvalue weighted by Gasteiger charge is 2.21. The van der Waals surface area contributed by atoms with E-state index in [1.165, 1.54) is 0 Å². The van der Waals surface area contributed by atoms with Crippen molar-refractivity contribution >= 4 is 23.0 Å². The third kappa shape index (κ3) is 3.16. The van der Waals surface area contributed by atoms with Crippen LogP contribution in [-0.2, 0) is 0 Å². The van der Waals surface area contributed by atoms with Crippen LogP contribution in [0.25, 0.3) is 0 Å². The first-order valence-corrected chi connectivity index (χ1v) is 7.37. The van der Waals surface area contributed by atoms with E-state index in [1.807, 2.05) is 96.0 Å². The molecule has 0 fully saturated rings. The maximum atomic E-state index is 8.08. The number of nitrogens with one attached hydrogen (secondary N) is 1. The molecular weight excluding hydrogens is 284 g/mol. The number of hydrogen-bond donors (Lipinski definition) is 2. The molecule has 0 heterocycles. The summed E-state index contributed by atoms with van der Waals surface area (Å²) in [7, 11) is 0. The van der Waals surface area contributed by atoms with Crippen molar-refractivity contribution in [1.29, 1.82) is 5.41 Å². The highest BCUT2D eigenvalue weighted by molar-refractivity contribution is 5.97. The van der Waals surface area contributed by atoms with Crippen LogP contribution >= 0.6 is 0 Å². The molecule has 0 saturated carbocycles. The predicted octanol–water partition coefficient (Wildman–Crippen LogP) is 4.14. The Kier molecular flexibility index (Phi) is 4.25.